The average Bonchev–Trinajstić information content (AvgIpc) is 2.12. The molecule has 0 spiro atoms. The molecule has 1 aromatic carbocycles. The first kappa shape index (κ1) is 10.7. The van der Waals surface area contributed by atoms with Crippen molar-refractivity contribution < 1.29 is 0 Å². The summed E-state index contributed by atoms with van der Waals surface area (Å²) in [5.41, 5.74) is 12.0. The highest BCUT2D eigenvalue weighted by Gasteiger charge is 2.38. The second-order valence-electron chi connectivity index (χ2n) is 5.09. The number of aryl methyl sites for hydroxylation is 2. The SMILES string of the molecule is Cc1cc(C)c(C)c(C2(CN)CCC2)c1. The third-order valence-electron chi connectivity index (χ3n) is 4.08. The van der Waals surface area contributed by atoms with E-state index in [1.54, 1.807) is 0 Å². The molecule has 1 aliphatic rings. The van der Waals surface area contributed by atoms with Gasteiger partial charge in [0.1, 0.15) is 0 Å². The van der Waals surface area contributed by atoms with Gasteiger partial charge in [-0.15, -0.1) is 0 Å². The van der Waals surface area contributed by atoms with Gasteiger partial charge in [-0.25, -0.2) is 0 Å². The highest BCUT2D eigenvalue weighted by Crippen LogP contribution is 2.44. The van der Waals surface area contributed by atoms with Crippen LogP contribution in [0.4, 0.5) is 0 Å². The van der Waals surface area contributed by atoms with Gasteiger partial charge in [-0.3, -0.25) is 0 Å². The molecule has 0 atom stereocenters. The fourth-order valence-electron chi connectivity index (χ4n) is 2.78. The molecular formula is C14H21N. The van der Waals surface area contributed by atoms with Crippen LogP contribution in [0.5, 0.6) is 0 Å². The summed E-state index contributed by atoms with van der Waals surface area (Å²) in [5.74, 6) is 0. The zero-order chi connectivity index (χ0) is 11.1. The Morgan fingerprint density at radius 2 is 1.87 bits per heavy atom. The predicted molar refractivity (Wildman–Crippen MR) is 65.2 cm³/mol. The minimum atomic E-state index is 0.306. The molecule has 0 saturated heterocycles. The minimum Gasteiger partial charge on any atom is -0.330 e. The summed E-state index contributed by atoms with van der Waals surface area (Å²) in [5, 5.41) is 0. The van der Waals surface area contributed by atoms with Gasteiger partial charge < -0.3 is 5.73 Å². The Kier molecular flexibility index (Phi) is 2.59. The van der Waals surface area contributed by atoms with Crippen molar-refractivity contribution >= 4 is 0 Å². The Balaban J connectivity index is 2.51. The topological polar surface area (TPSA) is 26.0 Å². The molecule has 0 aliphatic heterocycles. The van der Waals surface area contributed by atoms with Crippen molar-refractivity contribution in [1.82, 2.24) is 0 Å². The molecule has 82 valence electrons. The maximum atomic E-state index is 5.97. The molecule has 2 N–H and O–H groups in total. The lowest BCUT2D eigenvalue weighted by molar-refractivity contribution is 0.251. The standard InChI is InChI=1S/C14H21N/c1-10-7-11(2)12(3)13(8-10)14(9-15)5-4-6-14/h7-8H,4-6,9,15H2,1-3H3. The molecule has 0 amide bonds. The monoisotopic (exact) mass is 203 g/mol. The van der Waals surface area contributed by atoms with E-state index >= 15 is 0 Å². The fourth-order valence-corrected chi connectivity index (χ4v) is 2.78. The van der Waals surface area contributed by atoms with Crippen molar-refractivity contribution in [3.8, 4) is 0 Å². The van der Waals surface area contributed by atoms with Gasteiger partial charge in [0, 0.05) is 12.0 Å². The lowest BCUT2D eigenvalue weighted by Crippen LogP contribution is -2.42. The van der Waals surface area contributed by atoms with Crippen LogP contribution in [0, 0.1) is 20.8 Å². The molecule has 0 aromatic heterocycles. The van der Waals surface area contributed by atoms with Gasteiger partial charge in [-0.2, -0.15) is 0 Å². The van der Waals surface area contributed by atoms with E-state index in [1.165, 1.54) is 41.5 Å². The summed E-state index contributed by atoms with van der Waals surface area (Å²) in [6.07, 6.45) is 3.88. The zero-order valence-corrected chi connectivity index (χ0v) is 10.1. The third-order valence-corrected chi connectivity index (χ3v) is 4.08. The molecule has 0 radical (unpaired) electrons. The summed E-state index contributed by atoms with van der Waals surface area (Å²) in [4.78, 5) is 0. The molecular weight excluding hydrogens is 182 g/mol. The molecule has 0 heterocycles. The van der Waals surface area contributed by atoms with Crippen LogP contribution >= 0.6 is 0 Å². The van der Waals surface area contributed by atoms with Crippen molar-refractivity contribution in [3.05, 3.63) is 34.4 Å². The lowest BCUT2D eigenvalue weighted by atomic mass is 9.63. The van der Waals surface area contributed by atoms with Gasteiger partial charge in [0.2, 0.25) is 0 Å². The van der Waals surface area contributed by atoms with Crippen molar-refractivity contribution in [1.29, 1.82) is 0 Å². The number of nitrogens with two attached hydrogens (primary N) is 1. The van der Waals surface area contributed by atoms with Crippen LogP contribution < -0.4 is 5.73 Å². The van der Waals surface area contributed by atoms with Crippen molar-refractivity contribution in [2.45, 2.75) is 45.4 Å². The van der Waals surface area contributed by atoms with Crippen LogP contribution in [0.2, 0.25) is 0 Å². The first-order valence-corrected chi connectivity index (χ1v) is 5.87. The second kappa shape index (κ2) is 3.64. The smallest absolute Gasteiger partial charge is 0.00783 e. The van der Waals surface area contributed by atoms with E-state index in [0.717, 1.165) is 6.54 Å². The van der Waals surface area contributed by atoms with Crippen LogP contribution in [0.3, 0.4) is 0 Å². The van der Waals surface area contributed by atoms with E-state index in [2.05, 4.69) is 32.9 Å². The first-order chi connectivity index (χ1) is 7.09. The molecule has 1 aliphatic carbocycles. The zero-order valence-electron chi connectivity index (χ0n) is 10.1. The molecule has 1 heteroatoms. The van der Waals surface area contributed by atoms with Crippen LogP contribution in [0.25, 0.3) is 0 Å². The average molecular weight is 203 g/mol. The normalized spacial score (nSPS) is 18.7. The maximum Gasteiger partial charge on any atom is 0.00783 e. The summed E-state index contributed by atoms with van der Waals surface area (Å²) < 4.78 is 0. The van der Waals surface area contributed by atoms with Crippen LogP contribution in [0.1, 0.15) is 41.5 Å². The van der Waals surface area contributed by atoms with E-state index in [4.69, 9.17) is 5.73 Å². The van der Waals surface area contributed by atoms with E-state index in [-0.39, 0.29) is 0 Å². The van der Waals surface area contributed by atoms with Crippen molar-refractivity contribution in [2.75, 3.05) is 6.54 Å². The molecule has 0 unspecified atom stereocenters. The second-order valence-corrected chi connectivity index (χ2v) is 5.09. The molecule has 1 saturated carbocycles. The fraction of sp³-hybridized carbons (Fsp3) is 0.571. The van der Waals surface area contributed by atoms with Crippen LogP contribution in [0.15, 0.2) is 12.1 Å². The number of hydrogen-bond donors (Lipinski definition) is 1. The Bertz CT molecular complexity index is 370. The quantitative estimate of drug-likeness (QED) is 0.785. The van der Waals surface area contributed by atoms with E-state index in [0.29, 0.717) is 5.41 Å². The molecule has 2 rings (SSSR count). The molecule has 1 fully saturated rings. The summed E-state index contributed by atoms with van der Waals surface area (Å²) in [6, 6.07) is 4.61. The van der Waals surface area contributed by atoms with E-state index < -0.39 is 0 Å². The summed E-state index contributed by atoms with van der Waals surface area (Å²) >= 11 is 0. The van der Waals surface area contributed by atoms with E-state index in [1.807, 2.05) is 0 Å². The third kappa shape index (κ3) is 1.59. The maximum absolute atomic E-state index is 5.97. The Hall–Kier alpha value is -0.820. The summed E-state index contributed by atoms with van der Waals surface area (Å²) in [7, 11) is 0. The minimum absolute atomic E-state index is 0.306. The molecule has 15 heavy (non-hydrogen) atoms. The van der Waals surface area contributed by atoms with Gasteiger partial charge in [0.15, 0.2) is 0 Å². The van der Waals surface area contributed by atoms with Crippen LogP contribution in [-0.4, -0.2) is 6.54 Å². The number of benzene rings is 1. The van der Waals surface area contributed by atoms with Gasteiger partial charge in [-0.05, 0) is 50.3 Å². The molecule has 1 nitrogen and oxygen atoms in total. The van der Waals surface area contributed by atoms with Gasteiger partial charge in [0.05, 0.1) is 0 Å². The van der Waals surface area contributed by atoms with E-state index in [9.17, 15) is 0 Å². The van der Waals surface area contributed by atoms with Gasteiger partial charge in [0.25, 0.3) is 0 Å². The van der Waals surface area contributed by atoms with Crippen molar-refractivity contribution in [2.24, 2.45) is 5.73 Å². The Morgan fingerprint density at radius 3 is 2.33 bits per heavy atom. The Labute approximate surface area is 92.7 Å². The van der Waals surface area contributed by atoms with Crippen molar-refractivity contribution in [3.63, 3.8) is 0 Å². The first-order valence-electron chi connectivity index (χ1n) is 5.87. The van der Waals surface area contributed by atoms with Gasteiger partial charge >= 0.3 is 0 Å². The molecule has 1 aromatic rings. The lowest BCUT2D eigenvalue weighted by Gasteiger charge is -2.43. The largest absolute Gasteiger partial charge is 0.330 e. The summed E-state index contributed by atoms with van der Waals surface area (Å²) in [6.45, 7) is 7.42. The van der Waals surface area contributed by atoms with Gasteiger partial charge in [-0.1, -0.05) is 24.1 Å². The Morgan fingerprint density at radius 1 is 1.20 bits per heavy atom. The highest BCUT2D eigenvalue weighted by atomic mass is 14.6. The highest BCUT2D eigenvalue weighted by molar-refractivity contribution is 5.43. The number of rotatable bonds is 2. The predicted octanol–water partition coefficient (Wildman–Crippen LogP) is 2.99. The number of hydrogen-bond acceptors (Lipinski definition) is 1. The van der Waals surface area contributed by atoms with Crippen LogP contribution in [-0.2, 0) is 5.41 Å². The molecule has 0 bridgehead atoms.